The largest absolute Gasteiger partial charge is 0.272 e. The van der Waals surface area contributed by atoms with Gasteiger partial charge in [-0.15, -0.1) is 0 Å². The number of hydrogen-bond donors (Lipinski definition) is 0. The normalized spacial score (nSPS) is 32.0. The van der Waals surface area contributed by atoms with Crippen LogP contribution >= 0.6 is 22.6 Å². The zero-order valence-corrected chi connectivity index (χ0v) is 20.0. The second-order valence-electron chi connectivity index (χ2n) is 8.18. The Bertz CT molecular complexity index is 530. The highest BCUT2D eigenvalue weighted by Crippen LogP contribution is 2.44. The molecule has 0 nitrogen and oxygen atoms in total. The molecule has 1 aromatic rings. The molecule has 0 aromatic heterocycles. The van der Waals surface area contributed by atoms with Gasteiger partial charge in [-0.3, -0.25) is 0 Å². The molecule has 0 saturated heterocycles. The second kappa shape index (κ2) is 10.1. The lowest BCUT2D eigenvalue weighted by molar-refractivity contribution is -0.383. The average Bonchev–Trinajstić information content (AvgIpc) is 2.67. The maximum Gasteiger partial charge on any atom is 0.272 e. The fourth-order valence-corrected chi connectivity index (χ4v) is 5.93. The van der Waals surface area contributed by atoms with Crippen LogP contribution in [0.4, 0.5) is 0 Å². The van der Waals surface area contributed by atoms with Crippen molar-refractivity contribution < 1.29 is 22.6 Å². The molecule has 0 heterocycles. The predicted molar refractivity (Wildman–Crippen MR) is 114 cm³/mol. The van der Waals surface area contributed by atoms with Crippen molar-refractivity contribution in [3.63, 3.8) is 0 Å². The van der Waals surface area contributed by atoms with Crippen LogP contribution in [0.25, 0.3) is 0 Å². The van der Waals surface area contributed by atoms with Crippen molar-refractivity contribution in [2.75, 3.05) is 0 Å². The van der Waals surface area contributed by atoms with Crippen LogP contribution in [-0.2, 0) is 0 Å². The summed E-state index contributed by atoms with van der Waals surface area (Å²) in [4.78, 5) is 0. The summed E-state index contributed by atoms with van der Waals surface area (Å²) in [5, 5.41) is 0. The summed E-state index contributed by atoms with van der Waals surface area (Å²) in [6, 6.07) is 9.52. The third-order valence-corrected chi connectivity index (χ3v) is 8.20. The number of alkyl halides is 2. The Kier molecular flexibility index (Phi) is 8.14. The average molecular weight is 563 g/mol. The van der Waals surface area contributed by atoms with Gasteiger partial charge in [-0.1, -0.05) is 36.4 Å². The van der Waals surface area contributed by atoms with E-state index in [1.807, 2.05) is 0 Å². The highest BCUT2D eigenvalue weighted by molar-refractivity contribution is 14.1. The highest BCUT2D eigenvalue weighted by atomic mass is 127. The van der Waals surface area contributed by atoms with Crippen molar-refractivity contribution >= 4 is 22.6 Å². The number of benzene rings is 1. The summed E-state index contributed by atoms with van der Waals surface area (Å²) in [7, 11) is 0. The van der Waals surface area contributed by atoms with E-state index in [0.29, 0.717) is 1.93 Å². The van der Waals surface area contributed by atoms with E-state index >= 15 is 0 Å². The molecule has 2 aliphatic carbocycles. The molecule has 1 atom stereocenters. The first kappa shape index (κ1) is 20.2. The third-order valence-electron chi connectivity index (χ3n) is 6.70. The third kappa shape index (κ3) is 5.70. The lowest BCUT2D eigenvalue weighted by Crippen LogP contribution is -3.34. The first-order valence-electron chi connectivity index (χ1n) is 10.2. The molecule has 1 unspecified atom stereocenters. The molecular weight excluding hydrogens is 530 g/mol. The van der Waals surface area contributed by atoms with Crippen LogP contribution in [-0.4, -0.2) is 0 Å². The SMILES string of the molecule is CC=CCC1CCC(C2CCC(c3ccc(C(I)[IH+])cc3)CC2)CC1. The van der Waals surface area contributed by atoms with Crippen molar-refractivity contribution in [2.24, 2.45) is 17.8 Å². The van der Waals surface area contributed by atoms with E-state index in [0.717, 1.165) is 23.7 Å². The van der Waals surface area contributed by atoms with Crippen LogP contribution in [0.3, 0.4) is 0 Å². The van der Waals surface area contributed by atoms with Gasteiger partial charge in [0, 0.05) is 5.56 Å². The van der Waals surface area contributed by atoms with E-state index in [2.05, 4.69) is 88.5 Å². The summed E-state index contributed by atoms with van der Waals surface area (Å²) in [5.74, 6) is 3.85. The standard InChI is InChI=1S/C23H33I2/c1-2-3-4-17-5-7-18(8-6-17)19-9-11-20(12-10-19)21-13-15-22(16-14-21)23(24)25/h2-3,13-20,23-24H,4-12H2,1H3/q+1. The summed E-state index contributed by atoms with van der Waals surface area (Å²) in [6.07, 6.45) is 17.7. The van der Waals surface area contributed by atoms with Gasteiger partial charge in [-0.25, -0.2) is 0 Å². The van der Waals surface area contributed by atoms with Crippen molar-refractivity contribution in [2.45, 2.75) is 72.6 Å². The van der Waals surface area contributed by atoms with Crippen LogP contribution < -0.4 is 22.6 Å². The molecule has 2 aliphatic rings. The van der Waals surface area contributed by atoms with Crippen LogP contribution in [0.2, 0.25) is 0 Å². The van der Waals surface area contributed by atoms with E-state index in [1.54, 1.807) is 5.56 Å². The first-order chi connectivity index (χ1) is 12.2. The van der Waals surface area contributed by atoms with Gasteiger partial charge in [-0.2, -0.15) is 0 Å². The molecule has 0 amide bonds. The maximum absolute atomic E-state index is 2.51. The van der Waals surface area contributed by atoms with E-state index in [4.69, 9.17) is 0 Å². The van der Waals surface area contributed by atoms with Crippen molar-refractivity contribution in [3.05, 3.63) is 47.5 Å². The van der Waals surface area contributed by atoms with Crippen molar-refractivity contribution in [3.8, 4) is 0 Å². The minimum Gasteiger partial charge on any atom is -0.0917 e. The van der Waals surface area contributed by atoms with Gasteiger partial charge < -0.3 is 0 Å². The van der Waals surface area contributed by atoms with Crippen LogP contribution in [0.15, 0.2) is 36.4 Å². The Morgan fingerprint density at radius 3 is 2.04 bits per heavy atom. The summed E-state index contributed by atoms with van der Waals surface area (Å²) < 4.78 is 0.626. The Morgan fingerprint density at radius 1 is 0.960 bits per heavy atom. The van der Waals surface area contributed by atoms with Crippen molar-refractivity contribution in [1.82, 2.24) is 0 Å². The lowest BCUT2D eigenvalue weighted by atomic mass is 9.68. The fraction of sp³-hybridized carbons (Fsp3) is 0.652. The number of hydrogen-bond acceptors (Lipinski definition) is 0. The van der Waals surface area contributed by atoms with E-state index in [-0.39, 0.29) is 0 Å². The quantitative estimate of drug-likeness (QED) is 0.282. The topological polar surface area (TPSA) is 0 Å². The second-order valence-corrected chi connectivity index (χ2v) is 13.4. The Hall–Kier alpha value is 0.420. The molecule has 2 saturated carbocycles. The first-order valence-corrected chi connectivity index (χ1v) is 12.8. The Labute approximate surface area is 181 Å². The zero-order chi connectivity index (χ0) is 17.6. The molecule has 1 aromatic carbocycles. The maximum atomic E-state index is 2.51. The molecule has 3 rings (SSSR count). The summed E-state index contributed by atoms with van der Waals surface area (Å²) in [6.45, 7) is 2.15. The van der Waals surface area contributed by atoms with Crippen LogP contribution in [0.1, 0.15) is 83.7 Å². The van der Waals surface area contributed by atoms with Gasteiger partial charge in [0.25, 0.3) is 22.6 Å². The molecule has 0 N–H and O–H groups in total. The molecule has 138 valence electrons. The fourth-order valence-electron chi connectivity index (χ4n) is 5.07. The minimum atomic E-state index is 0.626. The Morgan fingerprint density at radius 2 is 1.52 bits per heavy atom. The molecule has 0 spiro atoms. The van der Waals surface area contributed by atoms with Gasteiger partial charge in [0.1, 0.15) is 0 Å². The number of rotatable bonds is 5. The molecular formula is C23H33I2+. The molecule has 0 bridgehead atoms. The van der Waals surface area contributed by atoms with Gasteiger partial charge in [0.05, 0.1) is 0 Å². The predicted octanol–water partition coefficient (Wildman–Crippen LogP) is 4.45. The van der Waals surface area contributed by atoms with Gasteiger partial charge in [0.2, 0.25) is 1.93 Å². The van der Waals surface area contributed by atoms with Gasteiger partial charge in [0.15, 0.2) is 0 Å². The molecule has 25 heavy (non-hydrogen) atoms. The van der Waals surface area contributed by atoms with Gasteiger partial charge >= 0.3 is 0 Å². The van der Waals surface area contributed by atoms with Crippen LogP contribution in [0, 0.1) is 17.8 Å². The summed E-state index contributed by atoms with van der Waals surface area (Å²) >= 11 is 4.71. The van der Waals surface area contributed by atoms with E-state index in [1.165, 1.54) is 63.4 Å². The number of allylic oxidation sites excluding steroid dienone is 2. The smallest absolute Gasteiger partial charge is 0.0917 e. The van der Waals surface area contributed by atoms with Crippen LogP contribution in [0.5, 0.6) is 0 Å². The summed E-state index contributed by atoms with van der Waals surface area (Å²) in [5.41, 5.74) is 3.06. The zero-order valence-electron chi connectivity index (χ0n) is 15.5. The van der Waals surface area contributed by atoms with E-state index in [9.17, 15) is 0 Å². The number of halogens is 2. The molecule has 0 radical (unpaired) electrons. The van der Waals surface area contributed by atoms with E-state index < -0.39 is 0 Å². The molecule has 0 aliphatic heterocycles. The molecule has 2 fully saturated rings. The van der Waals surface area contributed by atoms with Crippen molar-refractivity contribution in [1.29, 1.82) is 0 Å². The lowest BCUT2D eigenvalue weighted by Gasteiger charge is -2.38. The minimum absolute atomic E-state index is 0.626. The Balaban J connectivity index is 1.46. The van der Waals surface area contributed by atoms with Gasteiger partial charge in [-0.05, 0) is 117 Å². The monoisotopic (exact) mass is 563 g/mol. The highest BCUT2D eigenvalue weighted by Gasteiger charge is 2.31. The molecule has 2 heteroatoms.